The minimum atomic E-state index is -0.189. The smallest absolute Gasteiger partial charge is 0.252 e. The van der Waals surface area contributed by atoms with E-state index in [1.165, 1.54) is 10.9 Å². The number of rotatable bonds is 5. The summed E-state index contributed by atoms with van der Waals surface area (Å²) in [6.45, 7) is 6.51. The van der Waals surface area contributed by atoms with Gasteiger partial charge in [-0.2, -0.15) is 15.0 Å². The summed E-state index contributed by atoms with van der Waals surface area (Å²) in [5, 5.41) is 26.7. The molecule has 3 aromatic rings. The van der Waals surface area contributed by atoms with Crippen LogP contribution in [-0.4, -0.2) is 32.3 Å². The van der Waals surface area contributed by atoms with Gasteiger partial charge in [0, 0.05) is 12.7 Å². The summed E-state index contributed by atoms with van der Waals surface area (Å²) in [6.07, 6.45) is 3.01. The molecule has 0 atom stereocenters. The number of benzene rings is 1. The van der Waals surface area contributed by atoms with Crippen molar-refractivity contribution in [1.29, 1.82) is 5.26 Å². The van der Waals surface area contributed by atoms with Gasteiger partial charge in [0.15, 0.2) is 5.82 Å². The number of nitriles is 1. The van der Waals surface area contributed by atoms with Gasteiger partial charge in [0.2, 0.25) is 5.88 Å². The van der Waals surface area contributed by atoms with Gasteiger partial charge in [0.05, 0.1) is 29.0 Å². The van der Waals surface area contributed by atoms with E-state index in [1.54, 1.807) is 36.5 Å². The fraction of sp³-hybridized carbons (Fsp3) is 0.238. The summed E-state index contributed by atoms with van der Waals surface area (Å²) in [5.41, 5.74) is 3.19. The van der Waals surface area contributed by atoms with Crippen LogP contribution >= 0.6 is 0 Å². The molecule has 0 fully saturated rings. The molecule has 0 unspecified atom stereocenters. The van der Waals surface area contributed by atoms with E-state index in [0.29, 0.717) is 35.0 Å². The second-order valence-electron chi connectivity index (χ2n) is 6.94. The van der Waals surface area contributed by atoms with E-state index >= 15 is 0 Å². The van der Waals surface area contributed by atoms with Crippen molar-refractivity contribution in [1.82, 2.24) is 20.1 Å². The van der Waals surface area contributed by atoms with Crippen LogP contribution in [0.3, 0.4) is 0 Å². The fourth-order valence-electron chi connectivity index (χ4n) is 2.78. The Bertz CT molecular complexity index is 1050. The lowest BCUT2D eigenvalue weighted by molar-refractivity contribution is 0.0948. The van der Waals surface area contributed by atoms with Crippen molar-refractivity contribution in [2.45, 2.75) is 20.8 Å². The average molecular weight is 375 g/mol. The number of pyridine rings is 1. The van der Waals surface area contributed by atoms with Gasteiger partial charge in [0.25, 0.3) is 5.91 Å². The molecule has 7 nitrogen and oxygen atoms in total. The maximum Gasteiger partial charge on any atom is 0.252 e. The maximum absolute atomic E-state index is 12.1. The molecule has 0 aliphatic rings. The number of aromatic nitrogens is 3. The lowest BCUT2D eigenvalue weighted by atomic mass is 10.0. The van der Waals surface area contributed by atoms with Gasteiger partial charge in [-0.3, -0.25) is 4.79 Å². The number of aryl methyl sites for hydroxylation is 1. The molecule has 0 spiro atoms. The third-order valence-corrected chi connectivity index (χ3v) is 4.29. The molecular weight excluding hydrogens is 354 g/mol. The molecule has 0 radical (unpaired) electrons. The minimum absolute atomic E-state index is 0.0580. The SMILES string of the molecule is Cc1cc(C#N)ccc1-c1cnn(-c2ccc(C(=O)NCC(C)C)cn2)c1O. The Kier molecular flexibility index (Phi) is 5.41. The Morgan fingerprint density at radius 3 is 2.64 bits per heavy atom. The summed E-state index contributed by atoms with van der Waals surface area (Å²) >= 11 is 0. The summed E-state index contributed by atoms with van der Waals surface area (Å²) < 4.78 is 1.31. The number of amides is 1. The van der Waals surface area contributed by atoms with Crippen molar-refractivity contribution in [3.8, 4) is 28.9 Å². The van der Waals surface area contributed by atoms with E-state index in [1.807, 2.05) is 20.8 Å². The number of nitrogens with one attached hydrogen (secondary N) is 1. The normalized spacial score (nSPS) is 10.7. The van der Waals surface area contributed by atoms with Gasteiger partial charge in [-0.15, -0.1) is 0 Å². The zero-order valence-electron chi connectivity index (χ0n) is 16.0. The highest BCUT2D eigenvalue weighted by atomic mass is 16.3. The molecule has 2 heterocycles. The van der Waals surface area contributed by atoms with Gasteiger partial charge in [0.1, 0.15) is 0 Å². The van der Waals surface area contributed by atoms with Crippen molar-refractivity contribution in [2.75, 3.05) is 6.54 Å². The number of hydrogen-bond acceptors (Lipinski definition) is 5. The first-order chi connectivity index (χ1) is 13.4. The molecule has 7 heteroatoms. The molecule has 1 aromatic carbocycles. The second-order valence-corrected chi connectivity index (χ2v) is 6.94. The third-order valence-electron chi connectivity index (χ3n) is 4.29. The van der Waals surface area contributed by atoms with Crippen LogP contribution in [0.5, 0.6) is 5.88 Å². The maximum atomic E-state index is 12.1. The van der Waals surface area contributed by atoms with Crippen molar-refractivity contribution in [3.63, 3.8) is 0 Å². The first kappa shape index (κ1) is 19.1. The Hall–Kier alpha value is -3.66. The third kappa shape index (κ3) is 3.86. The van der Waals surface area contributed by atoms with Crippen molar-refractivity contribution >= 4 is 5.91 Å². The quantitative estimate of drug-likeness (QED) is 0.713. The largest absolute Gasteiger partial charge is 0.493 e. The highest BCUT2D eigenvalue weighted by Gasteiger charge is 2.16. The van der Waals surface area contributed by atoms with Crippen LogP contribution in [0.15, 0.2) is 42.7 Å². The predicted molar refractivity (Wildman–Crippen MR) is 105 cm³/mol. The molecule has 2 N–H and O–H groups in total. The molecule has 0 saturated carbocycles. The van der Waals surface area contributed by atoms with Crippen LogP contribution in [0.2, 0.25) is 0 Å². The lowest BCUT2D eigenvalue weighted by Gasteiger charge is -2.08. The number of carbonyl (C=O) groups is 1. The molecule has 2 aromatic heterocycles. The Morgan fingerprint density at radius 1 is 1.25 bits per heavy atom. The van der Waals surface area contributed by atoms with Gasteiger partial charge >= 0.3 is 0 Å². The van der Waals surface area contributed by atoms with Gasteiger partial charge in [-0.05, 0) is 48.2 Å². The molecular formula is C21H21N5O2. The molecule has 3 rings (SSSR count). The molecule has 0 aliphatic heterocycles. The van der Waals surface area contributed by atoms with E-state index in [0.717, 1.165) is 11.1 Å². The number of aromatic hydroxyl groups is 1. The van der Waals surface area contributed by atoms with Crippen molar-refractivity contribution in [2.24, 2.45) is 5.92 Å². The van der Waals surface area contributed by atoms with Crippen LogP contribution < -0.4 is 5.32 Å². The van der Waals surface area contributed by atoms with E-state index in [9.17, 15) is 9.90 Å². The van der Waals surface area contributed by atoms with Crippen LogP contribution in [0.25, 0.3) is 16.9 Å². The van der Waals surface area contributed by atoms with E-state index < -0.39 is 0 Å². The van der Waals surface area contributed by atoms with Gasteiger partial charge < -0.3 is 10.4 Å². The summed E-state index contributed by atoms with van der Waals surface area (Å²) in [4.78, 5) is 16.3. The molecule has 0 saturated heterocycles. The van der Waals surface area contributed by atoms with E-state index in [2.05, 4.69) is 21.5 Å². The second kappa shape index (κ2) is 7.92. The van der Waals surface area contributed by atoms with E-state index in [4.69, 9.17) is 5.26 Å². The van der Waals surface area contributed by atoms with Crippen LogP contribution in [0.1, 0.15) is 35.3 Å². The van der Waals surface area contributed by atoms with E-state index in [-0.39, 0.29) is 11.8 Å². The van der Waals surface area contributed by atoms with Crippen molar-refractivity contribution in [3.05, 3.63) is 59.4 Å². The zero-order valence-corrected chi connectivity index (χ0v) is 16.0. The summed E-state index contributed by atoms with van der Waals surface area (Å²) in [5.74, 6) is 0.514. The van der Waals surface area contributed by atoms with Crippen LogP contribution in [0, 0.1) is 24.2 Å². The predicted octanol–water partition coefficient (Wildman–Crippen LogP) is 3.21. The minimum Gasteiger partial charge on any atom is -0.493 e. The summed E-state index contributed by atoms with van der Waals surface area (Å²) in [7, 11) is 0. The zero-order chi connectivity index (χ0) is 20.3. The molecule has 1 amide bonds. The first-order valence-electron chi connectivity index (χ1n) is 8.93. The van der Waals surface area contributed by atoms with Gasteiger partial charge in [-0.25, -0.2) is 4.98 Å². The fourth-order valence-corrected chi connectivity index (χ4v) is 2.78. The molecule has 0 aliphatic carbocycles. The molecule has 28 heavy (non-hydrogen) atoms. The number of nitrogens with zero attached hydrogens (tertiary/aromatic N) is 4. The first-order valence-corrected chi connectivity index (χ1v) is 8.93. The Balaban J connectivity index is 1.86. The van der Waals surface area contributed by atoms with Crippen molar-refractivity contribution < 1.29 is 9.90 Å². The summed E-state index contributed by atoms with van der Waals surface area (Å²) in [6, 6.07) is 10.6. The Labute approximate surface area is 163 Å². The monoisotopic (exact) mass is 375 g/mol. The number of carbonyl (C=O) groups excluding carboxylic acids is 1. The topological polar surface area (TPSA) is 104 Å². The average Bonchev–Trinajstić information content (AvgIpc) is 3.07. The Morgan fingerprint density at radius 2 is 2.04 bits per heavy atom. The van der Waals surface area contributed by atoms with Crippen LogP contribution in [-0.2, 0) is 0 Å². The van der Waals surface area contributed by atoms with Crippen LogP contribution in [0.4, 0.5) is 0 Å². The highest BCUT2D eigenvalue weighted by molar-refractivity contribution is 5.93. The number of hydrogen-bond donors (Lipinski definition) is 2. The highest BCUT2D eigenvalue weighted by Crippen LogP contribution is 2.32. The molecule has 142 valence electrons. The standard InChI is InChI=1S/C21H21N5O2/c1-13(2)10-24-20(27)16-5-7-19(23-11-16)26-21(28)18(12-25-26)17-6-4-15(9-22)8-14(17)3/h4-8,11-13,28H,10H2,1-3H3,(H,24,27). The molecule has 0 bridgehead atoms. The lowest BCUT2D eigenvalue weighted by Crippen LogP contribution is -2.27. The van der Waals surface area contributed by atoms with Gasteiger partial charge in [-0.1, -0.05) is 19.9 Å².